The summed E-state index contributed by atoms with van der Waals surface area (Å²) in [4.78, 5) is 12.1. The van der Waals surface area contributed by atoms with Crippen molar-refractivity contribution in [2.45, 2.75) is 83.3 Å². The molecule has 0 bridgehead atoms. The number of rotatable bonds is 6. The van der Waals surface area contributed by atoms with Crippen LogP contribution in [0.5, 0.6) is 0 Å². The highest BCUT2D eigenvalue weighted by Gasteiger charge is 2.45. The van der Waals surface area contributed by atoms with Crippen molar-refractivity contribution in [1.29, 1.82) is 0 Å². The zero-order chi connectivity index (χ0) is 15.5. The van der Waals surface area contributed by atoms with E-state index in [0.29, 0.717) is 19.3 Å². The smallest absolute Gasteiger partial charge is 0.238 e. The molecule has 0 aromatic carbocycles. The maximum absolute atomic E-state index is 12.7. The lowest BCUT2D eigenvalue weighted by atomic mass is 9.99. The predicted octanol–water partition coefficient (Wildman–Crippen LogP) is 2.67. The van der Waals surface area contributed by atoms with Crippen LogP contribution >= 0.6 is 0 Å². The summed E-state index contributed by atoms with van der Waals surface area (Å²) in [5.41, 5.74) is -0.422. The van der Waals surface area contributed by atoms with Gasteiger partial charge in [-0.25, -0.2) is 8.42 Å². The number of carbonyl (C=O) groups excluding carboxylic acids is 1. The van der Waals surface area contributed by atoms with Crippen LogP contribution < -0.4 is 5.32 Å². The number of sulfone groups is 1. The Morgan fingerprint density at radius 2 is 1.42 bits per heavy atom. The molecular weight excluding hydrogens is 262 g/mol. The molecule has 0 aliphatic heterocycles. The Hall–Kier alpha value is -0.580. The first-order valence-corrected chi connectivity index (χ1v) is 8.57. The lowest BCUT2D eigenvalue weighted by molar-refractivity contribution is -0.121. The van der Waals surface area contributed by atoms with E-state index in [1.165, 1.54) is 6.92 Å². The zero-order valence-corrected chi connectivity index (χ0v) is 14.1. The van der Waals surface area contributed by atoms with E-state index in [9.17, 15) is 13.2 Å². The van der Waals surface area contributed by atoms with E-state index in [1.807, 2.05) is 41.5 Å². The third-order valence-corrected chi connectivity index (χ3v) is 7.09. The number of amides is 1. The van der Waals surface area contributed by atoms with Crippen molar-refractivity contribution < 1.29 is 13.2 Å². The third kappa shape index (κ3) is 3.94. The number of hydrogen-bond donors (Lipinski definition) is 1. The quantitative estimate of drug-likeness (QED) is 0.818. The third-order valence-electron chi connectivity index (χ3n) is 3.87. The van der Waals surface area contributed by atoms with Crippen LogP contribution in [0.4, 0.5) is 0 Å². The van der Waals surface area contributed by atoms with Crippen LogP contribution in [0.1, 0.15) is 67.7 Å². The first kappa shape index (κ1) is 18.4. The summed E-state index contributed by atoms with van der Waals surface area (Å²) in [5, 5.41) is 1.74. The summed E-state index contributed by atoms with van der Waals surface area (Å²) in [6, 6.07) is 0. The lowest BCUT2D eigenvalue weighted by Crippen LogP contribution is -2.52. The summed E-state index contributed by atoms with van der Waals surface area (Å²) in [6.07, 6.45) is 1.61. The van der Waals surface area contributed by atoms with E-state index < -0.39 is 31.3 Å². The molecule has 19 heavy (non-hydrogen) atoms. The summed E-state index contributed by atoms with van der Waals surface area (Å²) in [7, 11) is -3.50. The number of carbonyl (C=O) groups is 1. The molecule has 5 heteroatoms. The molecule has 0 heterocycles. The minimum absolute atomic E-state index is 0.410. The minimum atomic E-state index is -3.50. The molecule has 1 N–H and O–H groups in total. The molecule has 1 amide bonds. The molecule has 0 aliphatic carbocycles. The van der Waals surface area contributed by atoms with Crippen LogP contribution in [0, 0.1) is 0 Å². The van der Waals surface area contributed by atoms with Crippen LogP contribution in [0.25, 0.3) is 0 Å². The Kier molecular flexibility index (Phi) is 6.06. The average Bonchev–Trinajstić information content (AvgIpc) is 2.28. The van der Waals surface area contributed by atoms with Crippen LogP contribution in [0.15, 0.2) is 0 Å². The highest BCUT2D eigenvalue weighted by molar-refractivity contribution is 7.94. The van der Waals surface area contributed by atoms with E-state index in [2.05, 4.69) is 5.32 Å². The van der Waals surface area contributed by atoms with Crippen LogP contribution in [-0.4, -0.2) is 29.9 Å². The fraction of sp³-hybridized carbons (Fsp3) is 0.929. The van der Waals surface area contributed by atoms with Gasteiger partial charge < -0.3 is 5.32 Å². The van der Waals surface area contributed by atoms with Crippen molar-refractivity contribution in [1.82, 2.24) is 5.32 Å². The Labute approximate surface area is 118 Å². The number of nitrogens with one attached hydrogen (secondary N) is 1. The fourth-order valence-corrected chi connectivity index (χ4v) is 4.64. The topological polar surface area (TPSA) is 63.2 Å². The summed E-state index contributed by atoms with van der Waals surface area (Å²) in [6.45, 7) is 12.6. The maximum Gasteiger partial charge on any atom is 0.238 e. The Morgan fingerprint density at radius 3 is 1.68 bits per heavy atom. The molecule has 0 radical (unpaired) electrons. The molecule has 0 saturated carbocycles. The normalized spacial score (nSPS) is 15.1. The van der Waals surface area contributed by atoms with Gasteiger partial charge in [-0.3, -0.25) is 4.79 Å². The molecule has 0 rings (SSSR count). The monoisotopic (exact) mass is 291 g/mol. The van der Waals surface area contributed by atoms with Crippen LogP contribution in [-0.2, 0) is 14.6 Å². The van der Waals surface area contributed by atoms with Crippen molar-refractivity contribution in [2.24, 2.45) is 0 Å². The second-order valence-corrected chi connectivity index (χ2v) is 8.83. The SMILES string of the molecule is CCC(CC)(CC)S(=O)(=O)[C@H](C)C(=O)NC(C)(C)C. The van der Waals surface area contributed by atoms with E-state index in [4.69, 9.17) is 0 Å². The van der Waals surface area contributed by atoms with Gasteiger partial charge in [-0.05, 0) is 47.0 Å². The minimum Gasteiger partial charge on any atom is -0.350 e. The van der Waals surface area contributed by atoms with Crippen molar-refractivity contribution in [3.8, 4) is 0 Å². The van der Waals surface area contributed by atoms with Gasteiger partial charge in [0.15, 0.2) is 9.84 Å². The van der Waals surface area contributed by atoms with Crippen molar-refractivity contribution in [3.63, 3.8) is 0 Å². The summed E-state index contributed by atoms with van der Waals surface area (Å²) < 4.78 is 24.6. The molecule has 0 spiro atoms. The average molecular weight is 291 g/mol. The lowest BCUT2D eigenvalue weighted by Gasteiger charge is -2.33. The van der Waals surface area contributed by atoms with Gasteiger partial charge in [-0.1, -0.05) is 20.8 Å². The van der Waals surface area contributed by atoms with Gasteiger partial charge >= 0.3 is 0 Å². The van der Waals surface area contributed by atoms with Crippen molar-refractivity contribution in [2.75, 3.05) is 0 Å². The van der Waals surface area contributed by atoms with Crippen LogP contribution in [0.2, 0.25) is 0 Å². The van der Waals surface area contributed by atoms with E-state index in [1.54, 1.807) is 0 Å². The molecule has 0 unspecified atom stereocenters. The predicted molar refractivity (Wildman–Crippen MR) is 79.9 cm³/mol. The van der Waals surface area contributed by atoms with E-state index >= 15 is 0 Å². The standard InChI is InChI=1S/C14H29NO3S/c1-8-14(9-2,10-3)19(17,18)11(4)12(16)15-13(5,6)7/h11H,8-10H2,1-7H3,(H,15,16)/t11-/m1/s1. The maximum atomic E-state index is 12.7. The van der Waals surface area contributed by atoms with Gasteiger partial charge in [0.25, 0.3) is 0 Å². The zero-order valence-electron chi connectivity index (χ0n) is 13.3. The van der Waals surface area contributed by atoms with Gasteiger partial charge in [0.05, 0.1) is 4.75 Å². The fourth-order valence-electron chi connectivity index (χ4n) is 2.34. The molecule has 1 atom stereocenters. The van der Waals surface area contributed by atoms with Gasteiger partial charge in [-0.15, -0.1) is 0 Å². The molecule has 0 aliphatic rings. The first-order chi connectivity index (χ1) is 8.47. The number of hydrogen-bond acceptors (Lipinski definition) is 3. The second-order valence-electron chi connectivity index (χ2n) is 6.17. The van der Waals surface area contributed by atoms with Gasteiger partial charge in [0.2, 0.25) is 5.91 Å². The molecule has 4 nitrogen and oxygen atoms in total. The van der Waals surface area contributed by atoms with Gasteiger partial charge in [0.1, 0.15) is 5.25 Å². The molecule has 0 saturated heterocycles. The highest BCUT2D eigenvalue weighted by Crippen LogP contribution is 2.33. The van der Waals surface area contributed by atoms with Gasteiger partial charge in [-0.2, -0.15) is 0 Å². The highest BCUT2D eigenvalue weighted by atomic mass is 32.2. The first-order valence-electron chi connectivity index (χ1n) is 7.03. The van der Waals surface area contributed by atoms with Crippen molar-refractivity contribution >= 4 is 15.7 Å². The Morgan fingerprint density at radius 1 is 1.05 bits per heavy atom. The van der Waals surface area contributed by atoms with Crippen LogP contribution in [0.3, 0.4) is 0 Å². The molecule has 0 fully saturated rings. The summed E-state index contributed by atoms with van der Waals surface area (Å²) in [5.74, 6) is -0.410. The Bertz CT molecular complexity index is 395. The van der Waals surface area contributed by atoms with Crippen molar-refractivity contribution in [3.05, 3.63) is 0 Å². The summed E-state index contributed by atoms with van der Waals surface area (Å²) >= 11 is 0. The Balaban J connectivity index is 5.37. The molecule has 114 valence electrons. The van der Waals surface area contributed by atoms with E-state index in [-0.39, 0.29) is 0 Å². The largest absolute Gasteiger partial charge is 0.350 e. The molecular formula is C14H29NO3S. The van der Waals surface area contributed by atoms with E-state index in [0.717, 1.165) is 0 Å². The molecule has 0 aromatic rings. The second kappa shape index (κ2) is 6.25. The molecule has 0 aromatic heterocycles. The van der Waals surface area contributed by atoms with Gasteiger partial charge in [0, 0.05) is 5.54 Å².